The molecule has 0 fully saturated rings. The molecule has 0 saturated heterocycles. The van der Waals surface area contributed by atoms with E-state index < -0.39 is 0 Å². The molecule has 0 aliphatic carbocycles. The van der Waals surface area contributed by atoms with Gasteiger partial charge in [0.2, 0.25) is 0 Å². The number of rotatable bonds is 6. The lowest BCUT2D eigenvalue weighted by molar-refractivity contribution is 1.08. The van der Waals surface area contributed by atoms with E-state index in [9.17, 15) is 0 Å². The van der Waals surface area contributed by atoms with Gasteiger partial charge in [0.25, 0.3) is 0 Å². The normalized spacial score (nSPS) is 11.4. The van der Waals surface area contributed by atoms with E-state index in [0.29, 0.717) is 17.5 Å². The predicted octanol–water partition coefficient (Wildman–Crippen LogP) is 14.5. The first-order valence-electron chi connectivity index (χ1n) is 19.7. The molecule has 0 aliphatic heterocycles. The Morgan fingerprint density at radius 3 is 1.38 bits per heavy atom. The number of hydrogen-bond acceptors (Lipinski definition) is 3. The Morgan fingerprint density at radius 1 is 0.207 bits per heavy atom. The molecule has 0 radical (unpaired) electrons. The Balaban J connectivity index is 1.10. The minimum Gasteiger partial charge on any atom is -0.208 e. The highest BCUT2D eigenvalue weighted by atomic mass is 15.0. The average Bonchev–Trinajstić information content (AvgIpc) is 3.30. The largest absolute Gasteiger partial charge is 0.208 e. The lowest BCUT2D eigenvalue weighted by Crippen LogP contribution is -2.01. The number of fused-ring (bicyclic) bond motifs is 4. The summed E-state index contributed by atoms with van der Waals surface area (Å²) in [6, 6.07) is 75.4. The van der Waals surface area contributed by atoms with E-state index in [1.54, 1.807) is 0 Å². The van der Waals surface area contributed by atoms with Gasteiger partial charge >= 0.3 is 0 Å². The summed E-state index contributed by atoms with van der Waals surface area (Å²) in [6.07, 6.45) is 0. The Morgan fingerprint density at radius 2 is 0.655 bits per heavy atom. The quantitative estimate of drug-likeness (QED) is 0.171. The summed E-state index contributed by atoms with van der Waals surface area (Å²) in [5.74, 6) is 1.91. The summed E-state index contributed by atoms with van der Waals surface area (Å²) in [7, 11) is 0. The number of hydrogen-bond donors (Lipinski definition) is 0. The second kappa shape index (κ2) is 14.1. The maximum atomic E-state index is 5.31. The van der Waals surface area contributed by atoms with E-state index in [0.717, 1.165) is 54.6 Å². The Kier molecular flexibility index (Phi) is 8.15. The van der Waals surface area contributed by atoms with Gasteiger partial charge in [-0.2, -0.15) is 0 Å². The molecule has 0 saturated carbocycles. The van der Waals surface area contributed by atoms with E-state index in [1.165, 1.54) is 38.6 Å². The maximum absolute atomic E-state index is 5.31. The second-order valence-electron chi connectivity index (χ2n) is 14.8. The van der Waals surface area contributed by atoms with E-state index >= 15 is 0 Å². The highest BCUT2D eigenvalue weighted by Crippen LogP contribution is 2.38. The van der Waals surface area contributed by atoms with Gasteiger partial charge in [-0.3, -0.25) is 0 Å². The van der Waals surface area contributed by atoms with Crippen LogP contribution in [0.15, 0.2) is 212 Å². The van der Waals surface area contributed by atoms with Crippen LogP contribution in [-0.2, 0) is 0 Å². The summed E-state index contributed by atoms with van der Waals surface area (Å²) >= 11 is 0. The molecule has 0 N–H and O–H groups in total. The van der Waals surface area contributed by atoms with Crippen LogP contribution in [-0.4, -0.2) is 15.0 Å². The molecule has 11 rings (SSSR count). The Hall–Kier alpha value is -7.75. The summed E-state index contributed by atoms with van der Waals surface area (Å²) in [5, 5.41) is 9.24. The van der Waals surface area contributed by atoms with Crippen LogP contribution in [0.1, 0.15) is 0 Å². The molecule has 3 heteroatoms. The van der Waals surface area contributed by atoms with E-state index in [1.807, 2.05) is 0 Å². The zero-order valence-electron chi connectivity index (χ0n) is 31.5. The third-order valence-corrected chi connectivity index (χ3v) is 11.3. The molecule has 1 aromatic heterocycles. The molecule has 0 unspecified atom stereocenters. The molecule has 3 nitrogen and oxygen atoms in total. The lowest BCUT2D eigenvalue weighted by atomic mass is 9.95. The first-order chi connectivity index (χ1) is 28.7. The first-order valence-corrected chi connectivity index (χ1v) is 19.7. The molecule has 270 valence electrons. The smallest absolute Gasteiger partial charge is 0.164 e. The van der Waals surface area contributed by atoms with E-state index in [4.69, 9.17) is 15.0 Å². The van der Waals surface area contributed by atoms with Crippen LogP contribution in [0.3, 0.4) is 0 Å². The Labute approximate surface area is 336 Å². The fourth-order valence-corrected chi connectivity index (χ4v) is 8.43. The van der Waals surface area contributed by atoms with Crippen molar-refractivity contribution in [3.05, 3.63) is 212 Å². The standard InChI is InChI=1S/C55H35N3/c1-3-13-36(14-4-1)42-28-27-39-19-10-25-51(52(39)35-42)55-57-53(56-54(58-55)50-26-12-23-48-46(22-11-24-49(48)50)37-15-5-2-6-16-37)44-32-30-40-33-43(31-29-41(40)34-44)47-21-9-18-38-17-7-8-20-45(38)47/h1-35H. The topological polar surface area (TPSA) is 38.7 Å². The van der Waals surface area contributed by atoms with E-state index in [2.05, 4.69) is 212 Å². The predicted molar refractivity (Wildman–Crippen MR) is 242 cm³/mol. The van der Waals surface area contributed by atoms with Gasteiger partial charge in [-0.25, -0.2) is 15.0 Å². The van der Waals surface area contributed by atoms with Crippen molar-refractivity contribution in [3.8, 4) is 67.5 Å². The van der Waals surface area contributed by atoms with Crippen LogP contribution in [0.5, 0.6) is 0 Å². The molecule has 0 atom stereocenters. The van der Waals surface area contributed by atoms with Crippen molar-refractivity contribution < 1.29 is 0 Å². The monoisotopic (exact) mass is 737 g/mol. The number of aromatic nitrogens is 3. The van der Waals surface area contributed by atoms with Gasteiger partial charge in [-0.15, -0.1) is 0 Å². The minimum absolute atomic E-state index is 0.632. The van der Waals surface area contributed by atoms with Crippen LogP contribution >= 0.6 is 0 Å². The van der Waals surface area contributed by atoms with Gasteiger partial charge in [0, 0.05) is 16.7 Å². The van der Waals surface area contributed by atoms with E-state index in [-0.39, 0.29) is 0 Å². The van der Waals surface area contributed by atoms with Crippen molar-refractivity contribution >= 4 is 43.1 Å². The molecule has 10 aromatic carbocycles. The van der Waals surface area contributed by atoms with Crippen molar-refractivity contribution in [2.24, 2.45) is 0 Å². The van der Waals surface area contributed by atoms with Crippen molar-refractivity contribution in [1.29, 1.82) is 0 Å². The van der Waals surface area contributed by atoms with Gasteiger partial charge < -0.3 is 0 Å². The SMILES string of the molecule is c1ccc(-c2ccc3cccc(-c4nc(-c5ccc6cc(-c7cccc8ccccc78)ccc6c5)nc(-c5cccc6c(-c7ccccc7)cccc56)n4)c3c2)cc1. The molecule has 0 aliphatic rings. The number of benzene rings is 10. The molecule has 0 spiro atoms. The summed E-state index contributed by atoms with van der Waals surface area (Å²) in [6.45, 7) is 0. The summed E-state index contributed by atoms with van der Waals surface area (Å²) in [4.78, 5) is 15.9. The van der Waals surface area contributed by atoms with Gasteiger partial charge in [-0.1, -0.05) is 194 Å². The highest BCUT2D eigenvalue weighted by Gasteiger charge is 2.18. The van der Waals surface area contributed by atoms with Crippen molar-refractivity contribution in [1.82, 2.24) is 15.0 Å². The van der Waals surface area contributed by atoms with Crippen LogP contribution in [0.4, 0.5) is 0 Å². The third-order valence-electron chi connectivity index (χ3n) is 11.3. The Bertz CT molecular complexity index is 3300. The first kappa shape index (κ1) is 33.6. The fraction of sp³-hybridized carbons (Fsp3) is 0. The van der Waals surface area contributed by atoms with Gasteiger partial charge in [-0.05, 0) is 94.7 Å². The fourth-order valence-electron chi connectivity index (χ4n) is 8.43. The van der Waals surface area contributed by atoms with Crippen molar-refractivity contribution in [2.45, 2.75) is 0 Å². The average molecular weight is 738 g/mol. The second-order valence-corrected chi connectivity index (χ2v) is 14.8. The summed E-state index contributed by atoms with van der Waals surface area (Å²) in [5.41, 5.74) is 9.95. The van der Waals surface area contributed by atoms with Crippen molar-refractivity contribution in [2.75, 3.05) is 0 Å². The van der Waals surface area contributed by atoms with Gasteiger partial charge in [0.1, 0.15) is 0 Å². The number of nitrogens with zero attached hydrogens (tertiary/aromatic N) is 3. The zero-order valence-corrected chi connectivity index (χ0v) is 31.5. The molecule has 11 aromatic rings. The molecule has 0 amide bonds. The minimum atomic E-state index is 0.632. The zero-order chi connectivity index (χ0) is 38.4. The van der Waals surface area contributed by atoms with Crippen LogP contribution in [0.25, 0.3) is 111 Å². The molecular formula is C55H35N3. The van der Waals surface area contributed by atoms with Crippen LogP contribution in [0.2, 0.25) is 0 Å². The van der Waals surface area contributed by atoms with Crippen molar-refractivity contribution in [3.63, 3.8) is 0 Å². The molecule has 58 heavy (non-hydrogen) atoms. The van der Waals surface area contributed by atoms with Crippen LogP contribution < -0.4 is 0 Å². The van der Waals surface area contributed by atoms with Gasteiger partial charge in [0.05, 0.1) is 0 Å². The molecular weight excluding hydrogens is 703 g/mol. The third kappa shape index (κ3) is 5.98. The highest BCUT2D eigenvalue weighted by molar-refractivity contribution is 6.05. The van der Waals surface area contributed by atoms with Crippen LogP contribution in [0, 0.1) is 0 Å². The lowest BCUT2D eigenvalue weighted by Gasteiger charge is -2.14. The summed E-state index contributed by atoms with van der Waals surface area (Å²) < 4.78 is 0. The molecule has 0 bridgehead atoms. The molecule has 1 heterocycles. The maximum Gasteiger partial charge on any atom is 0.164 e. The van der Waals surface area contributed by atoms with Gasteiger partial charge in [0.15, 0.2) is 17.5 Å².